The van der Waals surface area contributed by atoms with E-state index in [-0.39, 0.29) is 18.1 Å². The lowest BCUT2D eigenvalue weighted by atomic mass is 10.2. The van der Waals surface area contributed by atoms with Crippen LogP contribution >= 0.6 is 0 Å². The lowest BCUT2D eigenvalue weighted by Crippen LogP contribution is -2.32. The van der Waals surface area contributed by atoms with E-state index >= 15 is 0 Å². The van der Waals surface area contributed by atoms with Crippen molar-refractivity contribution < 1.29 is 9.53 Å². The van der Waals surface area contributed by atoms with Gasteiger partial charge in [-0.25, -0.2) is 0 Å². The molecule has 112 valence electrons. The molecule has 0 aliphatic carbocycles. The van der Waals surface area contributed by atoms with Crippen LogP contribution in [0.15, 0.2) is 24.3 Å². The van der Waals surface area contributed by atoms with Crippen LogP contribution in [0.25, 0.3) is 0 Å². The number of amides is 1. The third-order valence-electron chi connectivity index (χ3n) is 2.63. The van der Waals surface area contributed by atoms with Crippen molar-refractivity contribution in [2.24, 2.45) is 0 Å². The SMILES string of the molecule is CC(C)NC(=O)CCNCc1ccccc1OC(C)C. The highest BCUT2D eigenvalue weighted by Gasteiger charge is 2.06. The van der Waals surface area contributed by atoms with Crippen LogP contribution in [-0.2, 0) is 11.3 Å². The fraction of sp³-hybridized carbons (Fsp3) is 0.562. The molecule has 0 saturated carbocycles. The van der Waals surface area contributed by atoms with Gasteiger partial charge in [0.05, 0.1) is 6.10 Å². The van der Waals surface area contributed by atoms with Crippen molar-refractivity contribution in [3.8, 4) is 5.75 Å². The van der Waals surface area contributed by atoms with Gasteiger partial charge in [0.25, 0.3) is 0 Å². The number of carbonyl (C=O) groups excluding carboxylic acids is 1. The summed E-state index contributed by atoms with van der Waals surface area (Å²) in [4.78, 5) is 11.5. The van der Waals surface area contributed by atoms with Crippen LogP contribution in [0.5, 0.6) is 5.75 Å². The lowest BCUT2D eigenvalue weighted by Gasteiger charge is -2.14. The number of carbonyl (C=O) groups is 1. The summed E-state index contributed by atoms with van der Waals surface area (Å²) in [6.07, 6.45) is 0.652. The maximum absolute atomic E-state index is 11.5. The number of rotatable bonds is 8. The average Bonchev–Trinajstić information content (AvgIpc) is 2.35. The highest BCUT2D eigenvalue weighted by atomic mass is 16.5. The maximum atomic E-state index is 11.5. The Morgan fingerprint density at radius 2 is 1.90 bits per heavy atom. The summed E-state index contributed by atoms with van der Waals surface area (Å²) in [5.41, 5.74) is 1.12. The van der Waals surface area contributed by atoms with Crippen molar-refractivity contribution in [1.82, 2.24) is 10.6 Å². The second-order valence-electron chi connectivity index (χ2n) is 5.42. The first-order valence-corrected chi connectivity index (χ1v) is 7.23. The molecule has 0 heterocycles. The molecule has 0 radical (unpaired) electrons. The van der Waals surface area contributed by atoms with Crippen molar-refractivity contribution >= 4 is 5.91 Å². The molecular formula is C16H26N2O2. The van der Waals surface area contributed by atoms with Gasteiger partial charge in [-0.15, -0.1) is 0 Å². The van der Waals surface area contributed by atoms with Gasteiger partial charge in [0, 0.05) is 31.1 Å². The molecule has 2 N–H and O–H groups in total. The van der Waals surface area contributed by atoms with Crippen LogP contribution in [0.4, 0.5) is 0 Å². The molecule has 0 spiro atoms. The highest BCUT2D eigenvalue weighted by molar-refractivity contribution is 5.76. The Hall–Kier alpha value is -1.55. The standard InChI is InChI=1S/C16H26N2O2/c1-12(2)18-16(19)9-10-17-11-14-7-5-6-8-15(14)20-13(3)4/h5-8,12-13,17H,9-11H2,1-4H3,(H,18,19). The number of nitrogens with one attached hydrogen (secondary N) is 2. The summed E-state index contributed by atoms with van der Waals surface area (Å²) in [6.45, 7) is 9.32. The van der Waals surface area contributed by atoms with Crippen molar-refractivity contribution in [2.45, 2.75) is 52.8 Å². The minimum atomic E-state index is 0.0826. The number of benzene rings is 1. The first-order chi connectivity index (χ1) is 9.49. The molecule has 0 aliphatic rings. The second-order valence-corrected chi connectivity index (χ2v) is 5.42. The van der Waals surface area contributed by atoms with E-state index in [1.165, 1.54) is 0 Å². The van der Waals surface area contributed by atoms with E-state index in [9.17, 15) is 4.79 Å². The molecule has 4 heteroatoms. The molecule has 0 unspecified atom stereocenters. The molecule has 20 heavy (non-hydrogen) atoms. The summed E-state index contributed by atoms with van der Waals surface area (Å²) in [6, 6.07) is 8.18. The molecular weight excluding hydrogens is 252 g/mol. The molecule has 0 atom stereocenters. The van der Waals surface area contributed by atoms with Crippen molar-refractivity contribution in [2.75, 3.05) is 6.54 Å². The van der Waals surface area contributed by atoms with Gasteiger partial charge in [-0.2, -0.15) is 0 Å². The minimum Gasteiger partial charge on any atom is -0.491 e. The molecule has 1 rings (SSSR count). The van der Waals surface area contributed by atoms with Crippen molar-refractivity contribution in [3.63, 3.8) is 0 Å². The van der Waals surface area contributed by atoms with Crippen LogP contribution < -0.4 is 15.4 Å². The molecule has 1 aromatic carbocycles. The zero-order valence-electron chi connectivity index (χ0n) is 12.9. The predicted octanol–water partition coefficient (Wildman–Crippen LogP) is 2.48. The quantitative estimate of drug-likeness (QED) is 0.718. The van der Waals surface area contributed by atoms with E-state index in [0.29, 0.717) is 19.5 Å². The third kappa shape index (κ3) is 6.57. The molecule has 1 aromatic rings. The van der Waals surface area contributed by atoms with E-state index in [2.05, 4.69) is 10.6 Å². The number of hydrogen-bond acceptors (Lipinski definition) is 3. The summed E-state index contributed by atoms with van der Waals surface area (Å²) in [5, 5.41) is 6.15. The van der Waals surface area contributed by atoms with E-state index in [1.54, 1.807) is 0 Å². The minimum absolute atomic E-state index is 0.0826. The predicted molar refractivity (Wildman–Crippen MR) is 81.8 cm³/mol. The van der Waals surface area contributed by atoms with Gasteiger partial charge in [-0.1, -0.05) is 18.2 Å². The van der Waals surface area contributed by atoms with Crippen LogP contribution in [-0.4, -0.2) is 24.6 Å². The lowest BCUT2D eigenvalue weighted by molar-refractivity contribution is -0.121. The summed E-state index contributed by atoms with van der Waals surface area (Å²) in [7, 11) is 0. The molecule has 4 nitrogen and oxygen atoms in total. The fourth-order valence-corrected chi connectivity index (χ4v) is 1.84. The Kier molecular flexibility index (Phi) is 7.09. The normalized spacial score (nSPS) is 10.9. The van der Waals surface area contributed by atoms with Crippen LogP contribution in [0.2, 0.25) is 0 Å². The largest absolute Gasteiger partial charge is 0.491 e. The fourth-order valence-electron chi connectivity index (χ4n) is 1.84. The Balaban J connectivity index is 2.36. The topological polar surface area (TPSA) is 50.4 Å². The van der Waals surface area contributed by atoms with Gasteiger partial charge in [-0.05, 0) is 33.8 Å². The Morgan fingerprint density at radius 3 is 2.55 bits per heavy atom. The van der Waals surface area contributed by atoms with Crippen LogP contribution in [0, 0.1) is 0 Å². The number of hydrogen-bond donors (Lipinski definition) is 2. The molecule has 1 amide bonds. The first kappa shape index (κ1) is 16.5. The summed E-state index contributed by atoms with van der Waals surface area (Å²) < 4.78 is 5.76. The second kappa shape index (κ2) is 8.59. The van der Waals surface area contributed by atoms with Gasteiger partial charge in [0.2, 0.25) is 5.91 Å². The number of ether oxygens (including phenoxy) is 1. The van der Waals surface area contributed by atoms with E-state index in [1.807, 2.05) is 52.0 Å². The van der Waals surface area contributed by atoms with Gasteiger partial charge < -0.3 is 15.4 Å². The Bertz CT molecular complexity index is 417. The van der Waals surface area contributed by atoms with Crippen LogP contribution in [0.1, 0.15) is 39.7 Å². The zero-order chi connectivity index (χ0) is 15.0. The smallest absolute Gasteiger partial charge is 0.221 e. The molecule has 0 saturated heterocycles. The average molecular weight is 278 g/mol. The number of para-hydroxylation sites is 1. The van der Waals surface area contributed by atoms with Crippen LogP contribution in [0.3, 0.4) is 0 Å². The highest BCUT2D eigenvalue weighted by Crippen LogP contribution is 2.18. The van der Waals surface area contributed by atoms with Crippen molar-refractivity contribution in [3.05, 3.63) is 29.8 Å². The van der Waals surface area contributed by atoms with Gasteiger partial charge in [0.1, 0.15) is 5.75 Å². The molecule has 0 aromatic heterocycles. The summed E-state index contributed by atoms with van der Waals surface area (Å²) in [5.74, 6) is 0.987. The van der Waals surface area contributed by atoms with E-state index in [0.717, 1.165) is 11.3 Å². The summed E-state index contributed by atoms with van der Waals surface area (Å²) >= 11 is 0. The van der Waals surface area contributed by atoms with Crippen molar-refractivity contribution in [1.29, 1.82) is 0 Å². The molecule has 0 bridgehead atoms. The van der Waals surface area contributed by atoms with E-state index < -0.39 is 0 Å². The van der Waals surface area contributed by atoms with Gasteiger partial charge in [-0.3, -0.25) is 4.79 Å². The third-order valence-corrected chi connectivity index (χ3v) is 2.63. The Morgan fingerprint density at radius 1 is 1.20 bits per heavy atom. The maximum Gasteiger partial charge on any atom is 0.221 e. The Labute approximate surface area is 121 Å². The van der Waals surface area contributed by atoms with Gasteiger partial charge >= 0.3 is 0 Å². The molecule has 0 fully saturated rings. The van der Waals surface area contributed by atoms with Gasteiger partial charge in [0.15, 0.2) is 0 Å². The molecule has 0 aliphatic heterocycles. The first-order valence-electron chi connectivity index (χ1n) is 7.23. The zero-order valence-corrected chi connectivity index (χ0v) is 12.9. The van der Waals surface area contributed by atoms with E-state index in [4.69, 9.17) is 4.74 Å². The monoisotopic (exact) mass is 278 g/mol.